The second-order valence-corrected chi connectivity index (χ2v) is 7.39. The summed E-state index contributed by atoms with van der Waals surface area (Å²) in [6.45, 7) is 4.57. The van der Waals surface area contributed by atoms with Gasteiger partial charge in [-0.25, -0.2) is 0 Å². The van der Waals surface area contributed by atoms with Crippen molar-refractivity contribution in [1.29, 1.82) is 0 Å². The highest BCUT2D eigenvalue weighted by atomic mass is 16.7. The van der Waals surface area contributed by atoms with Crippen LogP contribution in [-0.4, -0.2) is 36.1 Å². The first-order chi connectivity index (χ1) is 12.7. The largest absolute Gasteiger partial charge is 0.508 e. The Morgan fingerprint density at radius 3 is 2.46 bits per heavy atom. The molecule has 0 amide bonds. The van der Waals surface area contributed by atoms with Gasteiger partial charge in [0.1, 0.15) is 11.5 Å². The third-order valence-corrected chi connectivity index (χ3v) is 5.84. The Morgan fingerprint density at radius 1 is 0.962 bits per heavy atom. The van der Waals surface area contributed by atoms with E-state index < -0.39 is 0 Å². The number of phenols is 1. The number of nitrogens with zero attached hydrogens (tertiary/aromatic N) is 1. The molecule has 0 saturated carbocycles. The molecule has 5 heteroatoms. The summed E-state index contributed by atoms with van der Waals surface area (Å²) in [6.07, 6.45) is 2.42. The Morgan fingerprint density at radius 2 is 1.69 bits per heavy atom. The SMILES string of the molecule is C[C@@H]1[C@@H](c2ccccc2O)c2cc3c(cc2O[C@@H]1N1CCCC1)OCO3. The van der Waals surface area contributed by atoms with E-state index in [2.05, 4.69) is 11.8 Å². The van der Waals surface area contributed by atoms with Crippen molar-refractivity contribution in [3.63, 3.8) is 0 Å². The number of benzene rings is 2. The average Bonchev–Trinajstić information content (AvgIpc) is 3.32. The number of ether oxygens (including phenoxy) is 3. The van der Waals surface area contributed by atoms with Crippen LogP contribution in [0, 0.1) is 5.92 Å². The quantitative estimate of drug-likeness (QED) is 0.892. The summed E-state index contributed by atoms with van der Waals surface area (Å²) in [6, 6.07) is 11.6. The molecule has 0 bridgehead atoms. The standard InChI is InChI=1S/C21H23NO4/c1-13-20(14-6-2-3-7-16(14)23)15-10-18-19(25-12-24-18)11-17(15)26-21(13)22-8-4-5-9-22/h2-3,6-7,10-11,13,20-21,23H,4-5,8-9,12H2,1H3/t13-,20+,21+/m1/s1. The lowest BCUT2D eigenvalue weighted by Crippen LogP contribution is -2.46. The van der Waals surface area contributed by atoms with Crippen molar-refractivity contribution < 1.29 is 19.3 Å². The zero-order chi connectivity index (χ0) is 17.7. The number of fused-ring (bicyclic) bond motifs is 2. The molecule has 26 heavy (non-hydrogen) atoms. The van der Waals surface area contributed by atoms with Crippen molar-refractivity contribution >= 4 is 0 Å². The van der Waals surface area contributed by atoms with Crippen molar-refractivity contribution in [2.45, 2.75) is 31.9 Å². The Labute approximate surface area is 153 Å². The lowest BCUT2D eigenvalue weighted by atomic mass is 9.77. The number of phenolic OH excluding ortho intramolecular Hbond substituents is 1. The lowest BCUT2D eigenvalue weighted by Gasteiger charge is -2.42. The van der Waals surface area contributed by atoms with Crippen LogP contribution < -0.4 is 14.2 Å². The van der Waals surface area contributed by atoms with Gasteiger partial charge in [0, 0.05) is 42.1 Å². The molecule has 3 atom stereocenters. The number of hydrogen-bond acceptors (Lipinski definition) is 5. The summed E-state index contributed by atoms with van der Waals surface area (Å²) in [5, 5.41) is 10.5. The summed E-state index contributed by atoms with van der Waals surface area (Å²) in [7, 11) is 0. The van der Waals surface area contributed by atoms with Crippen LogP contribution in [0.2, 0.25) is 0 Å². The molecule has 2 aromatic carbocycles. The van der Waals surface area contributed by atoms with Gasteiger partial charge < -0.3 is 19.3 Å². The Kier molecular flexibility index (Phi) is 3.71. The number of aromatic hydroxyl groups is 1. The van der Waals surface area contributed by atoms with Crippen molar-refractivity contribution in [2.24, 2.45) is 5.92 Å². The topological polar surface area (TPSA) is 51.2 Å². The zero-order valence-electron chi connectivity index (χ0n) is 14.9. The highest BCUT2D eigenvalue weighted by molar-refractivity contribution is 5.57. The van der Waals surface area contributed by atoms with E-state index in [0.29, 0.717) is 5.75 Å². The van der Waals surface area contributed by atoms with Crippen molar-refractivity contribution in [3.8, 4) is 23.0 Å². The number of rotatable bonds is 2. The van der Waals surface area contributed by atoms with Crippen LogP contribution in [0.1, 0.15) is 36.8 Å². The fourth-order valence-electron chi connectivity index (χ4n) is 4.57. The molecule has 0 spiro atoms. The van der Waals surface area contributed by atoms with Crippen molar-refractivity contribution in [1.82, 2.24) is 4.90 Å². The van der Waals surface area contributed by atoms with E-state index in [9.17, 15) is 5.11 Å². The van der Waals surface area contributed by atoms with Gasteiger partial charge in [0.25, 0.3) is 0 Å². The minimum absolute atomic E-state index is 0.00465. The molecule has 0 aromatic heterocycles. The van der Waals surface area contributed by atoms with Crippen LogP contribution in [0.4, 0.5) is 0 Å². The molecule has 1 N–H and O–H groups in total. The van der Waals surface area contributed by atoms with E-state index in [1.165, 1.54) is 12.8 Å². The maximum Gasteiger partial charge on any atom is 0.231 e. The predicted molar refractivity (Wildman–Crippen MR) is 96.9 cm³/mol. The Hall–Kier alpha value is -2.40. The average molecular weight is 353 g/mol. The van der Waals surface area contributed by atoms with Crippen LogP contribution in [0.15, 0.2) is 36.4 Å². The van der Waals surface area contributed by atoms with Gasteiger partial charge in [-0.1, -0.05) is 25.1 Å². The third kappa shape index (κ3) is 2.42. The van der Waals surface area contributed by atoms with Gasteiger partial charge in [0.2, 0.25) is 6.79 Å². The minimum Gasteiger partial charge on any atom is -0.508 e. The van der Waals surface area contributed by atoms with Gasteiger partial charge in [0.05, 0.1) is 0 Å². The molecule has 3 heterocycles. The Balaban J connectivity index is 1.65. The van der Waals surface area contributed by atoms with E-state index >= 15 is 0 Å². The summed E-state index contributed by atoms with van der Waals surface area (Å²) in [4.78, 5) is 2.42. The van der Waals surface area contributed by atoms with Gasteiger partial charge in [-0.15, -0.1) is 0 Å². The second kappa shape index (κ2) is 6.09. The highest BCUT2D eigenvalue weighted by Gasteiger charge is 2.42. The predicted octanol–water partition coefficient (Wildman–Crippen LogP) is 3.70. The molecule has 1 fully saturated rings. The normalized spacial score (nSPS) is 27.2. The number of para-hydroxylation sites is 1. The molecule has 3 aliphatic rings. The van der Waals surface area contributed by atoms with Crippen LogP contribution in [0.3, 0.4) is 0 Å². The molecule has 3 aliphatic heterocycles. The number of hydrogen-bond donors (Lipinski definition) is 1. The highest BCUT2D eigenvalue weighted by Crippen LogP contribution is 2.51. The van der Waals surface area contributed by atoms with E-state index in [1.54, 1.807) is 6.07 Å². The molecule has 5 rings (SSSR count). The fraction of sp³-hybridized carbons (Fsp3) is 0.429. The molecule has 0 radical (unpaired) electrons. The van der Waals surface area contributed by atoms with Crippen LogP contribution >= 0.6 is 0 Å². The zero-order valence-corrected chi connectivity index (χ0v) is 14.9. The molecule has 5 nitrogen and oxygen atoms in total. The molecule has 0 aliphatic carbocycles. The molecule has 2 aromatic rings. The van der Waals surface area contributed by atoms with Crippen molar-refractivity contribution in [2.75, 3.05) is 19.9 Å². The van der Waals surface area contributed by atoms with Crippen LogP contribution in [0.25, 0.3) is 0 Å². The van der Waals surface area contributed by atoms with Crippen LogP contribution in [0.5, 0.6) is 23.0 Å². The van der Waals surface area contributed by atoms with Crippen LogP contribution in [-0.2, 0) is 0 Å². The molecule has 136 valence electrons. The maximum absolute atomic E-state index is 10.5. The van der Waals surface area contributed by atoms with E-state index in [4.69, 9.17) is 14.2 Å². The minimum atomic E-state index is -0.00465. The Bertz CT molecular complexity index is 831. The first-order valence-electron chi connectivity index (χ1n) is 9.34. The van der Waals surface area contributed by atoms with Gasteiger partial charge in [-0.05, 0) is 25.0 Å². The van der Waals surface area contributed by atoms with Gasteiger partial charge in [-0.2, -0.15) is 0 Å². The van der Waals surface area contributed by atoms with Gasteiger partial charge >= 0.3 is 0 Å². The first-order valence-corrected chi connectivity index (χ1v) is 9.34. The molecular formula is C21H23NO4. The third-order valence-electron chi connectivity index (χ3n) is 5.84. The maximum atomic E-state index is 10.5. The molecular weight excluding hydrogens is 330 g/mol. The van der Waals surface area contributed by atoms with E-state index in [1.807, 2.05) is 30.3 Å². The second-order valence-electron chi connectivity index (χ2n) is 7.39. The summed E-state index contributed by atoms with van der Waals surface area (Å²) in [5.41, 5.74) is 1.99. The van der Waals surface area contributed by atoms with E-state index in [0.717, 1.165) is 41.5 Å². The summed E-state index contributed by atoms with van der Waals surface area (Å²) >= 11 is 0. The molecule has 0 unspecified atom stereocenters. The van der Waals surface area contributed by atoms with Gasteiger partial charge in [0.15, 0.2) is 17.7 Å². The summed E-state index contributed by atoms with van der Waals surface area (Å²) < 4.78 is 17.6. The lowest BCUT2D eigenvalue weighted by molar-refractivity contribution is -0.0180. The van der Waals surface area contributed by atoms with Crippen molar-refractivity contribution in [3.05, 3.63) is 47.5 Å². The number of likely N-dealkylation sites (tertiary alicyclic amines) is 1. The van der Waals surface area contributed by atoms with Gasteiger partial charge in [-0.3, -0.25) is 4.90 Å². The molecule has 1 saturated heterocycles. The smallest absolute Gasteiger partial charge is 0.231 e. The van der Waals surface area contributed by atoms with E-state index in [-0.39, 0.29) is 24.9 Å². The summed E-state index contributed by atoms with van der Waals surface area (Å²) in [5.74, 6) is 2.89. The monoisotopic (exact) mass is 353 g/mol. The fourth-order valence-corrected chi connectivity index (χ4v) is 4.57. The first kappa shape index (κ1) is 15.8.